The lowest BCUT2D eigenvalue weighted by Gasteiger charge is -2.22. The fourth-order valence-electron chi connectivity index (χ4n) is 2.85. The zero-order valence-electron chi connectivity index (χ0n) is 17.8. The van der Waals surface area contributed by atoms with E-state index in [9.17, 15) is 13.2 Å². The fraction of sp³-hybridized carbons (Fsp3) is 0.174. The average molecular weight is 453 g/mol. The minimum atomic E-state index is -4.00. The van der Waals surface area contributed by atoms with Crippen LogP contribution in [0.4, 0.5) is 5.82 Å². The highest BCUT2D eigenvalue weighted by Gasteiger charge is 2.27. The topological polar surface area (TPSA) is 101 Å². The van der Waals surface area contributed by atoms with Crippen LogP contribution in [0.3, 0.4) is 0 Å². The molecule has 0 aliphatic heterocycles. The minimum Gasteiger partial charge on any atom is -0.494 e. The van der Waals surface area contributed by atoms with E-state index in [-0.39, 0.29) is 10.7 Å². The third-order valence-electron chi connectivity index (χ3n) is 4.45. The Balaban J connectivity index is 1.78. The second kappa shape index (κ2) is 10.5. The van der Waals surface area contributed by atoms with Crippen LogP contribution >= 0.6 is 0 Å². The Kier molecular flexibility index (Phi) is 7.56. The molecule has 0 saturated carbocycles. The van der Waals surface area contributed by atoms with E-state index in [1.165, 1.54) is 24.4 Å². The van der Waals surface area contributed by atoms with Crippen molar-refractivity contribution < 1.29 is 17.9 Å². The summed E-state index contributed by atoms with van der Waals surface area (Å²) in [6, 6.07) is 20.0. The molecule has 8 nitrogen and oxygen atoms in total. The molecule has 0 unspecified atom stereocenters. The number of pyridine rings is 1. The second-order valence-corrected chi connectivity index (χ2v) is 8.56. The van der Waals surface area contributed by atoms with Crippen LogP contribution in [-0.4, -0.2) is 38.2 Å². The Morgan fingerprint density at radius 2 is 1.72 bits per heavy atom. The van der Waals surface area contributed by atoms with E-state index in [4.69, 9.17) is 4.74 Å². The van der Waals surface area contributed by atoms with Crippen molar-refractivity contribution in [2.24, 2.45) is 5.10 Å². The molecule has 9 heteroatoms. The zero-order chi connectivity index (χ0) is 23.0. The molecule has 0 aliphatic rings. The van der Waals surface area contributed by atoms with Gasteiger partial charge in [-0.3, -0.25) is 4.79 Å². The first-order valence-electron chi connectivity index (χ1n) is 9.97. The molecule has 0 aliphatic carbocycles. The average Bonchev–Trinajstić information content (AvgIpc) is 2.82. The van der Waals surface area contributed by atoms with Gasteiger partial charge in [-0.15, -0.1) is 0 Å². The van der Waals surface area contributed by atoms with Crippen LogP contribution in [0.15, 0.2) is 89.0 Å². The van der Waals surface area contributed by atoms with Crippen molar-refractivity contribution in [1.82, 2.24) is 10.4 Å². The van der Waals surface area contributed by atoms with Gasteiger partial charge in [0.1, 0.15) is 18.1 Å². The Labute approximate surface area is 187 Å². The lowest BCUT2D eigenvalue weighted by atomic mass is 10.1. The molecular weight excluding hydrogens is 428 g/mol. The van der Waals surface area contributed by atoms with E-state index in [2.05, 4.69) is 15.5 Å². The zero-order valence-corrected chi connectivity index (χ0v) is 18.6. The summed E-state index contributed by atoms with van der Waals surface area (Å²) in [5.41, 5.74) is 3.79. The first kappa shape index (κ1) is 23.0. The predicted molar refractivity (Wildman–Crippen MR) is 123 cm³/mol. The quantitative estimate of drug-likeness (QED) is 0.397. The molecule has 0 fully saturated rings. The first-order chi connectivity index (χ1) is 15.4. The Morgan fingerprint density at radius 1 is 1.03 bits per heavy atom. The fourth-order valence-corrected chi connectivity index (χ4v) is 4.24. The summed E-state index contributed by atoms with van der Waals surface area (Å²) in [5, 5.41) is 4.11. The van der Waals surface area contributed by atoms with Crippen LogP contribution in [0.5, 0.6) is 5.75 Å². The van der Waals surface area contributed by atoms with Gasteiger partial charge in [-0.05, 0) is 67.9 Å². The number of amides is 1. The number of sulfonamides is 1. The standard InChI is InChI=1S/C23H24N4O4S/c1-3-31-20-14-12-19(13-15-20)18(2)25-26-23(28)17-27(22-11-7-8-16-24-22)32(29,30)21-9-5-4-6-10-21/h4-16H,3,17H2,1-2H3,(H,26,28)/b25-18-. The summed E-state index contributed by atoms with van der Waals surface area (Å²) in [6.07, 6.45) is 1.47. The maximum Gasteiger partial charge on any atom is 0.265 e. The molecular formula is C23H24N4O4S. The molecule has 0 radical (unpaired) electrons. The molecule has 1 aromatic heterocycles. The van der Waals surface area contributed by atoms with Gasteiger partial charge >= 0.3 is 0 Å². The van der Waals surface area contributed by atoms with E-state index >= 15 is 0 Å². The monoisotopic (exact) mass is 452 g/mol. The van der Waals surface area contributed by atoms with Gasteiger partial charge in [-0.1, -0.05) is 24.3 Å². The number of nitrogens with one attached hydrogen (secondary N) is 1. The summed E-state index contributed by atoms with van der Waals surface area (Å²) >= 11 is 0. The maximum absolute atomic E-state index is 13.2. The number of hydrogen-bond acceptors (Lipinski definition) is 6. The van der Waals surface area contributed by atoms with E-state index in [1.54, 1.807) is 37.3 Å². The highest BCUT2D eigenvalue weighted by molar-refractivity contribution is 7.92. The maximum atomic E-state index is 13.2. The van der Waals surface area contributed by atoms with Gasteiger partial charge in [0.25, 0.3) is 15.9 Å². The number of ether oxygens (including phenoxy) is 1. The highest BCUT2D eigenvalue weighted by Crippen LogP contribution is 2.21. The van der Waals surface area contributed by atoms with E-state index in [0.717, 1.165) is 15.6 Å². The number of carbonyl (C=O) groups excluding carboxylic acids is 1. The summed E-state index contributed by atoms with van der Waals surface area (Å²) in [6.45, 7) is 3.74. The van der Waals surface area contributed by atoms with E-state index in [0.29, 0.717) is 12.3 Å². The van der Waals surface area contributed by atoms with Crippen molar-refractivity contribution in [2.75, 3.05) is 17.5 Å². The second-order valence-electron chi connectivity index (χ2n) is 6.70. The number of anilines is 1. The number of carbonyl (C=O) groups is 1. The summed E-state index contributed by atoms with van der Waals surface area (Å²) in [7, 11) is -4.00. The summed E-state index contributed by atoms with van der Waals surface area (Å²) < 4.78 is 32.7. The van der Waals surface area contributed by atoms with Crippen LogP contribution in [-0.2, 0) is 14.8 Å². The first-order valence-corrected chi connectivity index (χ1v) is 11.4. The van der Waals surface area contributed by atoms with Crippen molar-refractivity contribution in [3.8, 4) is 5.75 Å². The van der Waals surface area contributed by atoms with Crippen LogP contribution < -0.4 is 14.5 Å². The highest BCUT2D eigenvalue weighted by atomic mass is 32.2. The molecule has 32 heavy (non-hydrogen) atoms. The van der Waals surface area contributed by atoms with Crippen LogP contribution in [0, 0.1) is 0 Å². The Morgan fingerprint density at radius 3 is 2.34 bits per heavy atom. The molecule has 3 aromatic rings. The van der Waals surface area contributed by atoms with E-state index < -0.39 is 22.5 Å². The molecule has 3 rings (SSSR count). The summed E-state index contributed by atoms with van der Waals surface area (Å²) in [4.78, 5) is 16.8. The Hall–Kier alpha value is -3.72. The smallest absolute Gasteiger partial charge is 0.265 e. The molecule has 0 atom stereocenters. The molecule has 0 saturated heterocycles. The van der Waals surface area contributed by atoms with Gasteiger partial charge in [0.05, 0.1) is 17.2 Å². The molecule has 1 heterocycles. The van der Waals surface area contributed by atoms with Crippen molar-refractivity contribution >= 4 is 27.5 Å². The van der Waals surface area contributed by atoms with Crippen molar-refractivity contribution in [3.05, 3.63) is 84.6 Å². The number of benzene rings is 2. The normalized spacial score (nSPS) is 11.6. The SMILES string of the molecule is CCOc1ccc(/C(C)=N\NC(=O)CN(c2ccccn2)S(=O)(=O)c2ccccc2)cc1. The van der Waals surface area contributed by atoms with Crippen LogP contribution in [0.1, 0.15) is 19.4 Å². The molecule has 0 spiro atoms. The van der Waals surface area contributed by atoms with Crippen LogP contribution in [0.25, 0.3) is 0 Å². The molecule has 0 bridgehead atoms. The van der Waals surface area contributed by atoms with Gasteiger partial charge < -0.3 is 4.74 Å². The van der Waals surface area contributed by atoms with Gasteiger partial charge in [0.15, 0.2) is 0 Å². The largest absolute Gasteiger partial charge is 0.494 e. The third kappa shape index (κ3) is 5.70. The number of rotatable bonds is 9. The number of aromatic nitrogens is 1. The van der Waals surface area contributed by atoms with Crippen molar-refractivity contribution in [3.63, 3.8) is 0 Å². The molecule has 166 valence electrons. The number of hydrazone groups is 1. The van der Waals surface area contributed by atoms with Gasteiger partial charge in [-0.2, -0.15) is 5.10 Å². The molecule has 2 aromatic carbocycles. The van der Waals surface area contributed by atoms with Crippen molar-refractivity contribution in [1.29, 1.82) is 0 Å². The lowest BCUT2D eigenvalue weighted by Crippen LogP contribution is -2.40. The predicted octanol–water partition coefficient (Wildman–Crippen LogP) is 3.22. The summed E-state index contributed by atoms with van der Waals surface area (Å²) in [5.74, 6) is 0.282. The van der Waals surface area contributed by atoms with Crippen LogP contribution in [0.2, 0.25) is 0 Å². The molecule has 1 amide bonds. The lowest BCUT2D eigenvalue weighted by molar-refractivity contribution is -0.119. The minimum absolute atomic E-state index is 0.0625. The van der Waals surface area contributed by atoms with Crippen molar-refractivity contribution in [2.45, 2.75) is 18.7 Å². The van der Waals surface area contributed by atoms with Gasteiger partial charge in [-0.25, -0.2) is 23.1 Å². The Bertz CT molecular complexity index is 1170. The van der Waals surface area contributed by atoms with Gasteiger partial charge in [0.2, 0.25) is 0 Å². The third-order valence-corrected chi connectivity index (χ3v) is 6.22. The number of hydrogen-bond donors (Lipinski definition) is 1. The molecule has 1 N–H and O–H groups in total. The number of nitrogens with zero attached hydrogens (tertiary/aromatic N) is 3. The van der Waals surface area contributed by atoms with E-state index in [1.807, 2.05) is 31.2 Å². The van der Waals surface area contributed by atoms with Gasteiger partial charge in [0, 0.05) is 6.20 Å².